The monoisotopic (exact) mass is 248 g/mol. The average Bonchev–Trinajstić information content (AvgIpc) is 2.95. The smallest absolute Gasteiger partial charge is 0.416 e. The average molecular weight is 248 g/mol. The number of carboxylic acid groups (broad SMARTS) is 1. The summed E-state index contributed by atoms with van der Waals surface area (Å²) in [4.78, 5) is 10.6. The van der Waals surface area contributed by atoms with Gasteiger partial charge in [0, 0.05) is 0 Å². The molecule has 17 heavy (non-hydrogen) atoms. The van der Waals surface area contributed by atoms with Crippen LogP contribution in [0.4, 0.5) is 17.6 Å². The number of hydrogen-bond donors (Lipinski definition) is 1. The van der Waals surface area contributed by atoms with Crippen molar-refractivity contribution in [3.05, 3.63) is 35.1 Å². The van der Waals surface area contributed by atoms with Gasteiger partial charge in [-0.25, -0.2) is 4.39 Å². The Morgan fingerprint density at radius 1 is 1.35 bits per heavy atom. The Kier molecular flexibility index (Phi) is 2.60. The van der Waals surface area contributed by atoms with Gasteiger partial charge in [0.05, 0.1) is 11.5 Å². The first kappa shape index (κ1) is 11.9. The van der Waals surface area contributed by atoms with E-state index in [1.54, 1.807) is 0 Å². The van der Waals surface area contributed by atoms with E-state index in [-0.39, 0.29) is 12.0 Å². The third-order valence-electron chi connectivity index (χ3n) is 2.83. The maximum atomic E-state index is 12.8. The van der Waals surface area contributed by atoms with Crippen molar-refractivity contribution in [1.82, 2.24) is 0 Å². The number of aliphatic carboxylic acids is 1. The predicted molar refractivity (Wildman–Crippen MR) is 49.9 cm³/mol. The topological polar surface area (TPSA) is 37.3 Å². The predicted octanol–water partition coefficient (Wildman–Crippen LogP) is 3.03. The fraction of sp³-hybridized carbons (Fsp3) is 0.364. The summed E-state index contributed by atoms with van der Waals surface area (Å²) in [5.41, 5.74) is -1.21. The van der Waals surface area contributed by atoms with Gasteiger partial charge in [-0.3, -0.25) is 4.79 Å². The van der Waals surface area contributed by atoms with Crippen molar-refractivity contribution in [2.45, 2.75) is 18.5 Å². The number of carboxylic acids is 1. The number of hydrogen-bond acceptors (Lipinski definition) is 1. The van der Waals surface area contributed by atoms with Crippen LogP contribution in [-0.4, -0.2) is 11.1 Å². The highest BCUT2D eigenvalue weighted by Gasteiger charge is 2.48. The van der Waals surface area contributed by atoms with Crippen molar-refractivity contribution in [2.75, 3.05) is 0 Å². The zero-order chi connectivity index (χ0) is 12.8. The molecule has 92 valence electrons. The van der Waals surface area contributed by atoms with E-state index in [2.05, 4.69) is 0 Å². The van der Waals surface area contributed by atoms with Crippen LogP contribution in [0.15, 0.2) is 18.2 Å². The maximum absolute atomic E-state index is 12.8. The van der Waals surface area contributed by atoms with Gasteiger partial charge in [-0.05, 0) is 30.0 Å². The van der Waals surface area contributed by atoms with E-state index >= 15 is 0 Å². The third-order valence-corrected chi connectivity index (χ3v) is 2.83. The minimum atomic E-state index is -4.66. The number of carbonyl (C=O) groups is 1. The standard InChI is InChI=1S/C11H8F4O2/c12-5-1-2-6(7-4-8(7)10(16)17)9(3-5)11(13,14)15/h1-3,7-8H,4H2,(H,16,17). The maximum Gasteiger partial charge on any atom is 0.416 e. The highest BCUT2D eigenvalue weighted by atomic mass is 19.4. The molecule has 0 spiro atoms. The molecule has 1 saturated carbocycles. The molecule has 1 aliphatic rings. The summed E-state index contributed by atoms with van der Waals surface area (Å²) in [6.45, 7) is 0. The van der Waals surface area contributed by atoms with Crippen LogP contribution in [0.2, 0.25) is 0 Å². The molecule has 1 aromatic carbocycles. The second kappa shape index (κ2) is 3.72. The molecule has 2 unspecified atom stereocenters. The molecule has 6 heteroatoms. The number of rotatable bonds is 2. The van der Waals surface area contributed by atoms with Crippen LogP contribution in [0, 0.1) is 11.7 Å². The highest BCUT2D eigenvalue weighted by Crippen LogP contribution is 2.51. The van der Waals surface area contributed by atoms with Gasteiger partial charge < -0.3 is 5.11 Å². The summed E-state index contributed by atoms with van der Waals surface area (Å²) in [6, 6.07) is 2.35. The lowest BCUT2D eigenvalue weighted by Gasteiger charge is -2.12. The molecule has 2 rings (SSSR count). The van der Waals surface area contributed by atoms with Gasteiger partial charge in [0.25, 0.3) is 0 Å². The Morgan fingerprint density at radius 3 is 2.47 bits per heavy atom. The summed E-state index contributed by atoms with van der Waals surface area (Å²) in [7, 11) is 0. The first-order valence-corrected chi connectivity index (χ1v) is 4.90. The Bertz CT molecular complexity index is 467. The van der Waals surface area contributed by atoms with Gasteiger partial charge in [0.15, 0.2) is 0 Å². The molecule has 1 aromatic rings. The molecule has 0 amide bonds. The first-order chi connectivity index (χ1) is 7.80. The molecule has 1 aliphatic carbocycles. The molecule has 0 radical (unpaired) electrons. The van der Waals surface area contributed by atoms with Crippen molar-refractivity contribution in [2.24, 2.45) is 5.92 Å². The summed E-state index contributed by atoms with van der Waals surface area (Å²) >= 11 is 0. The third kappa shape index (κ3) is 2.25. The lowest BCUT2D eigenvalue weighted by atomic mass is 10.0. The minimum absolute atomic E-state index is 0.133. The summed E-state index contributed by atoms with van der Waals surface area (Å²) in [6.07, 6.45) is -4.49. The van der Waals surface area contributed by atoms with Crippen molar-refractivity contribution in [3.8, 4) is 0 Å². The van der Waals surface area contributed by atoms with Gasteiger partial charge in [-0.15, -0.1) is 0 Å². The van der Waals surface area contributed by atoms with Crippen molar-refractivity contribution in [1.29, 1.82) is 0 Å². The Balaban J connectivity index is 2.39. The lowest BCUT2D eigenvalue weighted by molar-refractivity contribution is -0.140. The van der Waals surface area contributed by atoms with E-state index < -0.39 is 35.4 Å². The van der Waals surface area contributed by atoms with Crippen LogP contribution in [0.25, 0.3) is 0 Å². The quantitative estimate of drug-likeness (QED) is 0.817. The molecular formula is C11H8F4O2. The van der Waals surface area contributed by atoms with Crippen LogP contribution in [-0.2, 0) is 11.0 Å². The van der Waals surface area contributed by atoms with Gasteiger partial charge in [0.1, 0.15) is 5.82 Å². The Morgan fingerprint density at radius 2 is 2.00 bits per heavy atom. The largest absolute Gasteiger partial charge is 0.481 e. The van der Waals surface area contributed by atoms with Crippen molar-refractivity contribution >= 4 is 5.97 Å². The second-order valence-electron chi connectivity index (χ2n) is 4.02. The number of alkyl halides is 3. The van der Waals surface area contributed by atoms with Gasteiger partial charge in [-0.2, -0.15) is 13.2 Å². The second-order valence-corrected chi connectivity index (χ2v) is 4.02. The van der Waals surface area contributed by atoms with Crippen LogP contribution in [0.3, 0.4) is 0 Å². The molecule has 1 fully saturated rings. The fourth-order valence-electron chi connectivity index (χ4n) is 1.91. The Hall–Kier alpha value is -1.59. The van der Waals surface area contributed by atoms with Crippen molar-refractivity contribution in [3.63, 3.8) is 0 Å². The van der Waals surface area contributed by atoms with Crippen LogP contribution >= 0.6 is 0 Å². The van der Waals surface area contributed by atoms with Crippen LogP contribution < -0.4 is 0 Å². The molecule has 1 N–H and O–H groups in total. The number of halogens is 4. The zero-order valence-electron chi connectivity index (χ0n) is 8.46. The van der Waals surface area contributed by atoms with Gasteiger partial charge >= 0.3 is 12.1 Å². The minimum Gasteiger partial charge on any atom is -0.481 e. The van der Waals surface area contributed by atoms with Crippen molar-refractivity contribution < 1.29 is 27.5 Å². The molecule has 0 bridgehead atoms. The molecular weight excluding hydrogens is 240 g/mol. The molecule has 0 aliphatic heterocycles. The van der Waals surface area contributed by atoms with E-state index in [4.69, 9.17) is 5.11 Å². The highest BCUT2D eigenvalue weighted by molar-refractivity contribution is 5.75. The van der Waals surface area contributed by atoms with Crippen LogP contribution in [0.5, 0.6) is 0 Å². The normalized spacial score (nSPS) is 23.5. The summed E-state index contributed by atoms with van der Waals surface area (Å²) in [5, 5.41) is 8.68. The molecule has 0 aromatic heterocycles. The van der Waals surface area contributed by atoms with Gasteiger partial charge in [-0.1, -0.05) is 6.07 Å². The fourth-order valence-corrected chi connectivity index (χ4v) is 1.91. The van der Waals surface area contributed by atoms with E-state index in [0.717, 1.165) is 12.1 Å². The number of benzene rings is 1. The van der Waals surface area contributed by atoms with Gasteiger partial charge in [0.2, 0.25) is 0 Å². The van der Waals surface area contributed by atoms with E-state index in [9.17, 15) is 22.4 Å². The SMILES string of the molecule is O=C(O)C1CC1c1ccc(F)cc1C(F)(F)F. The molecule has 2 atom stereocenters. The first-order valence-electron chi connectivity index (χ1n) is 4.90. The van der Waals surface area contributed by atoms with E-state index in [1.807, 2.05) is 0 Å². The molecule has 0 saturated heterocycles. The molecule has 2 nitrogen and oxygen atoms in total. The van der Waals surface area contributed by atoms with E-state index in [1.165, 1.54) is 0 Å². The van der Waals surface area contributed by atoms with E-state index in [0.29, 0.717) is 6.07 Å². The molecule has 0 heterocycles. The summed E-state index contributed by atoms with van der Waals surface area (Å²) < 4.78 is 50.7. The zero-order valence-corrected chi connectivity index (χ0v) is 8.46. The van der Waals surface area contributed by atoms with Crippen LogP contribution in [0.1, 0.15) is 23.5 Å². The lowest BCUT2D eigenvalue weighted by Crippen LogP contribution is -2.10. The Labute approximate surface area is 93.9 Å². The summed E-state index contributed by atoms with van der Waals surface area (Å²) in [5.74, 6) is -3.55.